The van der Waals surface area contributed by atoms with Gasteiger partial charge in [-0.1, -0.05) is 41.9 Å². The maximum Gasteiger partial charge on any atom is 0.126 e. The number of hydrogen-bond acceptors (Lipinski definition) is 1. The molecule has 0 amide bonds. The first kappa shape index (κ1) is 14.6. The lowest BCUT2D eigenvalue weighted by Crippen LogP contribution is -2.41. The van der Waals surface area contributed by atoms with Gasteiger partial charge in [-0.3, -0.25) is 0 Å². The quantitative estimate of drug-likeness (QED) is 0.831. The minimum atomic E-state index is -0.0771. The fourth-order valence-electron chi connectivity index (χ4n) is 3.02. The Morgan fingerprint density at radius 2 is 1.76 bits per heavy atom. The van der Waals surface area contributed by atoms with E-state index in [1.54, 1.807) is 12.1 Å². The zero-order valence-corrected chi connectivity index (χ0v) is 12.8. The molecule has 3 rings (SSSR count). The largest absolute Gasteiger partial charge is 0.307 e. The van der Waals surface area contributed by atoms with Crippen molar-refractivity contribution in [1.29, 1.82) is 0 Å². The Morgan fingerprint density at radius 1 is 1.10 bits per heavy atom. The molecule has 1 unspecified atom stereocenters. The number of halogens is 2. The molecule has 0 heterocycles. The van der Waals surface area contributed by atoms with Crippen LogP contribution in [-0.4, -0.2) is 6.04 Å². The Hall–Kier alpha value is -1.38. The lowest BCUT2D eigenvalue weighted by molar-refractivity contribution is 0.266. The molecule has 1 atom stereocenters. The Balaban J connectivity index is 1.55. The van der Waals surface area contributed by atoms with Gasteiger partial charge in [0.1, 0.15) is 5.82 Å². The van der Waals surface area contributed by atoms with Gasteiger partial charge in [-0.25, -0.2) is 4.39 Å². The molecule has 2 aromatic rings. The van der Waals surface area contributed by atoms with Gasteiger partial charge in [-0.2, -0.15) is 0 Å². The van der Waals surface area contributed by atoms with Crippen LogP contribution in [0.15, 0.2) is 48.5 Å². The summed E-state index contributed by atoms with van der Waals surface area (Å²) in [7, 11) is 0. The average Bonchev–Trinajstić information content (AvgIpc) is 2.44. The summed E-state index contributed by atoms with van der Waals surface area (Å²) in [5.74, 6) is 0.271. The zero-order chi connectivity index (χ0) is 14.8. The van der Waals surface area contributed by atoms with Crippen LogP contribution in [0, 0.1) is 5.82 Å². The summed E-state index contributed by atoms with van der Waals surface area (Å²) < 4.78 is 13.7. The first-order chi connectivity index (χ1) is 10.1. The maximum absolute atomic E-state index is 13.7. The second-order valence-electron chi connectivity index (χ2n) is 5.83. The summed E-state index contributed by atoms with van der Waals surface area (Å²) in [6.45, 7) is 2.15. The Kier molecular flexibility index (Phi) is 4.27. The Labute approximate surface area is 130 Å². The molecule has 0 aromatic heterocycles. The third-order valence-electron chi connectivity index (χ3n) is 4.34. The summed E-state index contributed by atoms with van der Waals surface area (Å²) in [5.41, 5.74) is 2.09. The van der Waals surface area contributed by atoms with E-state index in [-0.39, 0.29) is 11.9 Å². The second-order valence-corrected chi connectivity index (χ2v) is 6.26. The Morgan fingerprint density at radius 3 is 2.43 bits per heavy atom. The first-order valence-corrected chi connectivity index (χ1v) is 7.77. The van der Waals surface area contributed by atoms with Gasteiger partial charge < -0.3 is 5.32 Å². The van der Waals surface area contributed by atoms with E-state index in [2.05, 4.69) is 12.2 Å². The van der Waals surface area contributed by atoms with E-state index in [4.69, 9.17) is 11.6 Å². The van der Waals surface area contributed by atoms with Crippen molar-refractivity contribution in [1.82, 2.24) is 5.32 Å². The molecule has 1 aliphatic rings. The van der Waals surface area contributed by atoms with Crippen molar-refractivity contribution in [2.24, 2.45) is 0 Å². The standard InChI is InChI=1S/C18H19ClFN/c1-12(13-6-8-15(19)9-7-13)21-16-10-14(11-16)17-4-2-3-5-18(17)20/h2-9,12,14,16,21H,10-11H2,1H3. The highest BCUT2D eigenvalue weighted by Gasteiger charge is 2.32. The van der Waals surface area contributed by atoms with Gasteiger partial charge >= 0.3 is 0 Å². The van der Waals surface area contributed by atoms with E-state index >= 15 is 0 Å². The molecule has 1 nitrogen and oxygen atoms in total. The van der Waals surface area contributed by atoms with E-state index in [0.717, 1.165) is 23.4 Å². The van der Waals surface area contributed by atoms with Gasteiger partial charge in [0.05, 0.1) is 0 Å². The normalized spacial score (nSPS) is 22.6. The summed E-state index contributed by atoms with van der Waals surface area (Å²) >= 11 is 5.91. The van der Waals surface area contributed by atoms with E-state index in [9.17, 15) is 4.39 Å². The van der Waals surface area contributed by atoms with Crippen LogP contribution in [-0.2, 0) is 0 Å². The predicted octanol–water partition coefficient (Wildman–Crippen LogP) is 5.08. The molecular formula is C18H19ClFN. The van der Waals surface area contributed by atoms with Gasteiger partial charge in [0, 0.05) is 17.1 Å². The molecule has 1 aliphatic carbocycles. The van der Waals surface area contributed by atoms with Crippen LogP contribution < -0.4 is 5.32 Å². The lowest BCUT2D eigenvalue weighted by atomic mass is 9.75. The van der Waals surface area contributed by atoms with E-state index < -0.39 is 0 Å². The zero-order valence-electron chi connectivity index (χ0n) is 12.0. The molecule has 1 saturated carbocycles. The predicted molar refractivity (Wildman–Crippen MR) is 85.2 cm³/mol. The summed E-state index contributed by atoms with van der Waals surface area (Å²) in [5, 5.41) is 4.36. The molecule has 110 valence electrons. The van der Waals surface area contributed by atoms with Crippen molar-refractivity contribution in [2.45, 2.75) is 37.8 Å². The second kappa shape index (κ2) is 6.17. The molecule has 3 heteroatoms. The summed E-state index contributed by atoms with van der Waals surface area (Å²) in [6, 6.07) is 15.8. The highest BCUT2D eigenvalue weighted by atomic mass is 35.5. The average molecular weight is 304 g/mol. The number of hydrogen-bond donors (Lipinski definition) is 1. The van der Waals surface area contributed by atoms with Crippen molar-refractivity contribution in [3.8, 4) is 0 Å². The number of rotatable bonds is 4. The van der Waals surface area contributed by atoms with Crippen LogP contribution in [0.25, 0.3) is 0 Å². The van der Waals surface area contributed by atoms with Crippen LogP contribution in [0.5, 0.6) is 0 Å². The Bertz CT molecular complexity index is 605. The first-order valence-electron chi connectivity index (χ1n) is 7.39. The summed E-state index contributed by atoms with van der Waals surface area (Å²) in [6.07, 6.45) is 2.00. The van der Waals surface area contributed by atoms with Gasteiger partial charge in [-0.15, -0.1) is 0 Å². The SMILES string of the molecule is CC(NC1CC(c2ccccc2F)C1)c1ccc(Cl)cc1. The fraction of sp³-hybridized carbons (Fsp3) is 0.333. The van der Waals surface area contributed by atoms with Crippen LogP contribution >= 0.6 is 11.6 Å². The van der Waals surface area contributed by atoms with Crippen molar-refractivity contribution in [3.63, 3.8) is 0 Å². The monoisotopic (exact) mass is 303 g/mol. The van der Waals surface area contributed by atoms with Crippen LogP contribution in [0.3, 0.4) is 0 Å². The molecule has 0 saturated heterocycles. The molecule has 2 aromatic carbocycles. The highest BCUT2D eigenvalue weighted by Crippen LogP contribution is 2.38. The van der Waals surface area contributed by atoms with Gasteiger partial charge in [0.15, 0.2) is 0 Å². The summed E-state index contributed by atoms with van der Waals surface area (Å²) in [4.78, 5) is 0. The molecule has 21 heavy (non-hydrogen) atoms. The molecule has 1 N–H and O–H groups in total. The molecule has 0 bridgehead atoms. The van der Waals surface area contributed by atoms with Gasteiger partial charge in [0.2, 0.25) is 0 Å². The van der Waals surface area contributed by atoms with E-state index in [1.807, 2.05) is 36.4 Å². The maximum atomic E-state index is 13.7. The molecule has 0 radical (unpaired) electrons. The molecule has 0 spiro atoms. The van der Waals surface area contributed by atoms with Gasteiger partial charge in [0.25, 0.3) is 0 Å². The van der Waals surface area contributed by atoms with Crippen molar-refractivity contribution >= 4 is 11.6 Å². The lowest BCUT2D eigenvalue weighted by Gasteiger charge is -2.38. The smallest absolute Gasteiger partial charge is 0.126 e. The van der Waals surface area contributed by atoms with E-state index in [1.165, 1.54) is 5.56 Å². The molecular weight excluding hydrogens is 285 g/mol. The fourth-order valence-corrected chi connectivity index (χ4v) is 3.14. The van der Waals surface area contributed by atoms with Crippen LogP contribution in [0.2, 0.25) is 5.02 Å². The number of nitrogens with one attached hydrogen (secondary N) is 1. The minimum absolute atomic E-state index is 0.0771. The van der Waals surface area contributed by atoms with Crippen LogP contribution in [0.4, 0.5) is 4.39 Å². The minimum Gasteiger partial charge on any atom is -0.307 e. The third-order valence-corrected chi connectivity index (χ3v) is 4.59. The topological polar surface area (TPSA) is 12.0 Å². The van der Waals surface area contributed by atoms with Crippen molar-refractivity contribution in [3.05, 3.63) is 70.5 Å². The van der Waals surface area contributed by atoms with E-state index in [0.29, 0.717) is 12.0 Å². The van der Waals surface area contributed by atoms with Gasteiger partial charge in [-0.05, 0) is 55.0 Å². The highest BCUT2D eigenvalue weighted by molar-refractivity contribution is 6.30. The van der Waals surface area contributed by atoms with Crippen LogP contribution in [0.1, 0.15) is 42.9 Å². The van der Waals surface area contributed by atoms with Crippen molar-refractivity contribution in [2.75, 3.05) is 0 Å². The molecule has 1 fully saturated rings. The van der Waals surface area contributed by atoms with Crippen molar-refractivity contribution < 1.29 is 4.39 Å². The molecule has 0 aliphatic heterocycles. The third kappa shape index (κ3) is 3.28. The number of benzene rings is 2.